The van der Waals surface area contributed by atoms with Gasteiger partial charge in [-0.1, -0.05) is 0 Å². The Bertz CT molecular complexity index is 725. The van der Waals surface area contributed by atoms with Crippen LogP contribution in [0.15, 0.2) is 18.3 Å². The fourth-order valence-corrected chi connectivity index (χ4v) is 2.53. The van der Waals surface area contributed by atoms with Gasteiger partial charge in [0.25, 0.3) is 0 Å². The van der Waals surface area contributed by atoms with Gasteiger partial charge in [-0.25, -0.2) is 24.4 Å². The molecule has 120 valence electrons. The van der Waals surface area contributed by atoms with E-state index < -0.39 is 23.7 Å². The molecular formula is C13H12N4O5S. The Morgan fingerprint density at radius 3 is 2.43 bits per heavy atom. The van der Waals surface area contributed by atoms with E-state index in [1.807, 2.05) is 0 Å². The number of urea groups is 1. The predicted octanol–water partition coefficient (Wildman–Crippen LogP) is 1.74. The van der Waals surface area contributed by atoms with Crippen molar-refractivity contribution in [3.05, 3.63) is 28.9 Å². The van der Waals surface area contributed by atoms with E-state index in [0.29, 0.717) is 17.9 Å². The Hall–Kier alpha value is -3.01. The lowest BCUT2D eigenvalue weighted by atomic mass is 10.3. The quantitative estimate of drug-likeness (QED) is 0.651. The van der Waals surface area contributed by atoms with Gasteiger partial charge in [0.15, 0.2) is 5.69 Å². The second kappa shape index (κ2) is 6.83. The number of amides is 2. The van der Waals surface area contributed by atoms with Crippen molar-refractivity contribution < 1.29 is 24.6 Å². The first kappa shape index (κ1) is 16.4. The van der Waals surface area contributed by atoms with Crippen LogP contribution >= 0.6 is 11.3 Å². The molecule has 2 aromatic heterocycles. The van der Waals surface area contributed by atoms with Crippen LogP contribution in [0.5, 0.6) is 0 Å². The molecule has 2 rings (SSSR count). The van der Waals surface area contributed by atoms with Crippen molar-refractivity contribution in [2.45, 2.75) is 6.92 Å². The average molecular weight is 336 g/mol. The molecule has 0 saturated heterocycles. The molecule has 0 aromatic carbocycles. The average Bonchev–Trinajstić information content (AvgIpc) is 2.94. The highest BCUT2D eigenvalue weighted by Crippen LogP contribution is 2.28. The molecule has 0 radical (unpaired) electrons. The molecule has 0 bridgehead atoms. The van der Waals surface area contributed by atoms with Crippen molar-refractivity contribution in [3.8, 4) is 10.6 Å². The van der Waals surface area contributed by atoms with Gasteiger partial charge < -0.3 is 15.5 Å². The Morgan fingerprint density at radius 1 is 1.22 bits per heavy atom. The van der Waals surface area contributed by atoms with E-state index in [4.69, 9.17) is 10.2 Å². The van der Waals surface area contributed by atoms with Gasteiger partial charge in [-0.3, -0.25) is 5.32 Å². The second-order valence-corrected chi connectivity index (χ2v) is 5.22. The molecule has 0 unspecified atom stereocenters. The minimum atomic E-state index is -1.41. The fraction of sp³-hybridized carbons (Fsp3) is 0.154. The molecule has 0 aliphatic carbocycles. The Labute approximate surface area is 134 Å². The summed E-state index contributed by atoms with van der Waals surface area (Å²) in [4.78, 5) is 40.9. The molecule has 2 amide bonds. The third kappa shape index (κ3) is 3.80. The van der Waals surface area contributed by atoms with E-state index in [-0.39, 0.29) is 9.88 Å². The second-order valence-electron chi connectivity index (χ2n) is 4.22. The van der Waals surface area contributed by atoms with E-state index in [9.17, 15) is 14.4 Å². The lowest BCUT2D eigenvalue weighted by Crippen LogP contribution is -2.28. The Morgan fingerprint density at radius 2 is 1.96 bits per heavy atom. The van der Waals surface area contributed by atoms with Crippen molar-refractivity contribution in [2.24, 2.45) is 0 Å². The van der Waals surface area contributed by atoms with Gasteiger partial charge in [-0.05, 0) is 19.1 Å². The number of carbonyl (C=O) groups is 3. The number of pyridine rings is 1. The van der Waals surface area contributed by atoms with E-state index in [1.54, 1.807) is 13.0 Å². The molecule has 23 heavy (non-hydrogen) atoms. The maximum absolute atomic E-state index is 11.4. The number of aromatic carboxylic acids is 2. The fourth-order valence-electron chi connectivity index (χ4n) is 1.65. The number of carboxylic acid groups (broad SMARTS) is 2. The van der Waals surface area contributed by atoms with Crippen molar-refractivity contribution in [2.75, 3.05) is 11.9 Å². The van der Waals surface area contributed by atoms with E-state index in [0.717, 1.165) is 11.3 Å². The summed E-state index contributed by atoms with van der Waals surface area (Å²) < 4.78 is 0. The largest absolute Gasteiger partial charge is 0.477 e. The SMILES string of the molecule is CCNC(=O)Nc1ccc(-c2nc(C(=O)O)c(C(=O)O)s2)cn1. The van der Waals surface area contributed by atoms with Crippen LogP contribution in [0.1, 0.15) is 27.1 Å². The summed E-state index contributed by atoms with van der Waals surface area (Å²) in [6.07, 6.45) is 1.37. The lowest BCUT2D eigenvalue weighted by molar-refractivity contribution is 0.0651. The highest BCUT2D eigenvalue weighted by molar-refractivity contribution is 7.17. The van der Waals surface area contributed by atoms with Crippen LogP contribution in [0.2, 0.25) is 0 Å². The van der Waals surface area contributed by atoms with Crippen LogP contribution in [0.4, 0.5) is 10.6 Å². The molecule has 2 heterocycles. The molecule has 0 spiro atoms. The molecular weight excluding hydrogens is 324 g/mol. The molecule has 9 nitrogen and oxygen atoms in total. The molecule has 10 heteroatoms. The summed E-state index contributed by atoms with van der Waals surface area (Å²) in [6, 6.07) is 2.67. The predicted molar refractivity (Wildman–Crippen MR) is 82.0 cm³/mol. The number of nitrogens with zero attached hydrogens (tertiary/aromatic N) is 2. The Kier molecular flexibility index (Phi) is 4.86. The van der Waals surface area contributed by atoms with E-state index in [1.165, 1.54) is 12.3 Å². The van der Waals surface area contributed by atoms with Crippen LogP contribution in [-0.2, 0) is 0 Å². The topological polar surface area (TPSA) is 142 Å². The molecule has 0 atom stereocenters. The van der Waals surface area contributed by atoms with Gasteiger partial charge >= 0.3 is 18.0 Å². The van der Waals surface area contributed by atoms with Gasteiger partial charge in [0.2, 0.25) is 0 Å². The molecule has 0 aliphatic rings. The van der Waals surface area contributed by atoms with Crippen molar-refractivity contribution >= 4 is 35.1 Å². The number of thiazole rings is 1. The third-order valence-corrected chi connectivity index (χ3v) is 3.71. The summed E-state index contributed by atoms with van der Waals surface area (Å²) in [5.74, 6) is -2.46. The first-order chi connectivity index (χ1) is 10.9. The van der Waals surface area contributed by atoms with Gasteiger partial charge in [-0.2, -0.15) is 0 Å². The Balaban J connectivity index is 2.26. The molecule has 2 aromatic rings. The monoisotopic (exact) mass is 336 g/mol. The number of hydrogen-bond donors (Lipinski definition) is 4. The minimum absolute atomic E-state index is 0.219. The number of aromatic nitrogens is 2. The van der Waals surface area contributed by atoms with Crippen LogP contribution in [-0.4, -0.2) is 44.7 Å². The van der Waals surface area contributed by atoms with Crippen LogP contribution in [0.25, 0.3) is 10.6 Å². The molecule has 0 fully saturated rings. The number of carboxylic acids is 2. The maximum atomic E-state index is 11.4. The number of rotatable bonds is 5. The zero-order valence-electron chi connectivity index (χ0n) is 11.9. The van der Waals surface area contributed by atoms with Crippen LogP contribution < -0.4 is 10.6 Å². The summed E-state index contributed by atoms with van der Waals surface area (Å²) in [5.41, 5.74) is -0.0616. The number of anilines is 1. The first-order valence-corrected chi connectivity index (χ1v) is 7.22. The van der Waals surface area contributed by atoms with Crippen molar-refractivity contribution in [3.63, 3.8) is 0 Å². The normalized spacial score (nSPS) is 10.1. The van der Waals surface area contributed by atoms with Gasteiger partial charge in [0.1, 0.15) is 15.7 Å². The summed E-state index contributed by atoms with van der Waals surface area (Å²) in [5, 5.41) is 23.3. The first-order valence-electron chi connectivity index (χ1n) is 6.41. The van der Waals surface area contributed by atoms with E-state index in [2.05, 4.69) is 20.6 Å². The van der Waals surface area contributed by atoms with Crippen molar-refractivity contribution in [1.82, 2.24) is 15.3 Å². The van der Waals surface area contributed by atoms with E-state index >= 15 is 0 Å². The standard InChI is InChI=1S/C13H12N4O5S/c1-2-14-13(22)16-7-4-3-6(5-15-7)10-17-8(11(18)19)9(23-10)12(20)21/h3-5H,2H2,1H3,(H,18,19)(H,20,21)(H2,14,15,16,22). The highest BCUT2D eigenvalue weighted by Gasteiger charge is 2.23. The van der Waals surface area contributed by atoms with Crippen molar-refractivity contribution in [1.29, 1.82) is 0 Å². The van der Waals surface area contributed by atoms with Gasteiger partial charge in [0, 0.05) is 18.3 Å². The summed E-state index contributed by atoms with van der Waals surface area (Å²) in [6.45, 7) is 2.25. The molecule has 0 saturated carbocycles. The number of carbonyl (C=O) groups excluding carboxylic acids is 1. The van der Waals surface area contributed by atoms with Crippen LogP contribution in [0, 0.1) is 0 Å². The zero-order valence-corrected chi connectivity index (χ0v) is 12.7. The molecule has 4 N–H and O–H groups in total. The highest BCUT2D eigenvalue weighted by atomic mass is 32.1. The van der Waals surface area contributed by atoms with Gasteiger partial charge in [-0.15, -0.1) is 11.3 Å². The zero-order chi connectivity index (χ0) is 17.0. The van der Waals surface area contributed by atoms with Crippen LogP contribution in [0.3, 0.4) is 0 Å². The summed E-state index contributed by atoms with van der Waals surface area (Å²) in [7, 11) is 0. The maximum Gasteiger partial charge on any atom is 0.356 e. The third-order valence-electron chi connectivity index (χ3n) is 2.61. The smallest absolute Gasteiger partial charge is 0.356 e. The molecule has 0 aliphatic heterocycles. The number of hydrogen-bond acceptors (Lipinski definition) is 6. The van der Waals surface area contributed by atoms with Gasteiger partial charge in [0.05, 0.1) is 0 Å². The summed E-state index contributed by atoms with van der Waals surface area (Å²) >= 11 is 0.746. The number of nitrogens with one attached hydrogen (secondary N) is 2. The lowest BCUT2D eigenvalue weighted by Gasteiger charge is -2.05. The minimum Gasteiger partial charge on any atom is -0.477 e.